The smallest absolute Gasteiger partial charge is 0.321 e. The van der Waals surface area contributed by atoms with Gasteiger partial charge in [-0.05, 0) is 37.8 Å². The molecule has 0 bridgehead atoms. The lowest BCUT2D eigenvalue weighted by Gasteiger charge is -2.21. The second kappa shape index (κ2) is 5.40. The summed E-state index contributed by atoms with van der Waals surface area (Å²) in [6.45, 7) is 2.39. The van der Waals surface area contributed by atoms with Gasteiger partial charge in [-0.2, -0.15) is 0 Å². The van der Waals surface area contributed by atoms with Gasteiger partial charge in [-0.3, -0.25) is 0 Å². The van der Waals surface area contributed by atoms with Crippen LogP contribution < -0.4 is 5.32 Å². The second-order valence-corrected chi connectivity index (χ2v) is 5.08. The highest BCUT2D eigenvalue weighted by Gasteiger charge is 2.31. The van der Waals surface area contributed by atoms with Crippen LogP contribution in [0, 0.1) is 12.8 Å². The van der Waals surface area contributed by atoms with Crippen molar-refractivity contribution < 1.29 is 9.90 Å². The van der Waals surface area contributed by atoms with E-state index in [1.807, 2.05) is 31.2 Å². The van der Waals surface area contributed by atoms with Crippen LogP contribution in [0.25, 0.3) is 0 Å². The van der Waals surface area contributed by atoms with Crippen LogP contribution >= 0.6 is 0 Å². The molecule has 1 atom stereocenters. The molecule has 1 saturated carbocycles. The Labute approximate surface area is 108 Å². The highest BCUT2D eigenvalue weighted by Crippen LogP contribution is 2.32. The summed E-state index contributed by atoms with van der Waals surface area (Å²) in [5.74, 6) is 0.389. The molecular weight excluding hydrogens is 228 g/mol. The van der Waals surface area contributed by atoms with E-state index >= 15 is 0 Å². The van der Waals surface area contributed by atoms with Crippen molar-refractivity contribution in [1.29, 1.82) is 0 Å². The zero-order chi connectivity index (χ0) is 13.1. The minimum absolute atomic E-state index is 0.182. The van der Waals surface area contributed by atoms with Crippen LogP contribution in [-0.2, 0) is 0 Å². The minimum Gasteiger partial charge on any atom is -0.391 e. The molecule has 1 aliphatic rings. The SMILES string of the molecule is Cc1ccc(NC(=O)N(C)CC(O)C2CC2)cc1. The van der Waals surface area contributed by atoms with Crippen LogP contribution in [0.2, 0.25) is 0 Å². The lowest BCUT2D eigenvalue weighted by molar-refractivity contribution is 0.117. The first-order valence-corrected chi connectivity index (χ1v) is 6.33. The number of carbonyl (C=O) groups is 1. The molecule has 2 N–H and O–H groups in total. The van der Waals surface area contributed by atoms with Crippen LogP contribution in [0.5, 0.6) is 0 Å². The zero-order valence-electron chi connectivity index (χ0n) is 10.9. The van der Waals surface area contributed by atoms with Crippen LogP contribution in [-0.4, -0.2) is 35.7 Å². The first kappa shape index (κ1) is 12.9. The van der Waals surface area contributed by atoms with E-state index in [1.54, 1.807) is 7.05 Å². The molecule has 1 aromatic rings. The molecule has 98 valence electrons. The van der Waals surface area contributed by atoms with Gasteiger partial charge in [-0.15, -0.1) is 0 Å². The van der Waals surface area contributed by atoms with E-state index in [0.29, 0.717) is 12.5 Å². The van der Waals surface area contributed by atoms with Gasteiger partial charge >= 0.3 is 6.03 Å². The number of hydrogen-bond donors (Lipinski definition) is 2. The molecule has 4 nitrogen and oxygen atoms in total. The van der Waals surface area contributed by atoms with Crippen molar-refractivity contribution in [2.24, 2.45) is 5.92 Å². The Morgan fingerprint density at radius 3 is 2.61 bits per heavy atom. The summed E-state index contributed by atoms with van der Waals surface area (Å²) in [4.78, 5) is 13.4. The standard InChI is InChI=1S/C14H20N2O2/c1-10-3-7-12(8-4-10)15-14(18)16(2)9-13(17)11-5-6-11/h3-4,7-8,11,13,17H,5-6,9H2,1-2H3,(H,15,18). The van der Waals surface area contributed by atoms with Gasteiger partial charge in [0, 0.05) is 19.3 Å². The molecule has 1 aromatic carbocycles. The topological polar surface area (TPSA) is 52.6 Å². The molecule has 2 amide bonds. The summed E-state index contributed by atoms with van der Waals surface area (Å²) >= 11 is 0. The number of nitrogens with zero attached hydrogens (tertiary/aromatic N) is 1. The summed E-state index contributed by atoms with van der Waals surface area (Å²) in [5.41, 5.74) is 1.93. The van der Waals surface area contributed by atoms with Gasteiger partial charge in [-0.1, -0.05) is 17.7 Å². The van der Waals surface area contributed by atoms with E-state index < -0.39 is 6.10 Å². The van der Waals surface area contributed by atoms with E-state index in [4.69, 9.17) is 0 Å². The Hall–Kier alpha value is -1.55. The number of urea groups is 1. The summed E-state index contributed by atoms with van der Waals surface area (Å²) in [6.07, 6.45) is 1.77. The average molecular weight is 248 g/mol. The molecule has 1 unspecified atom stereocenters. The van der Waals surface area contributed by atoms with E-state index in [1.165, 1.54) is 4.90 Å². The normalized spacial score (nSPS) is 16.2. The molecule has 0 aromatic heterocycles. The van der Waals surface area contributed by atoms with Gasteiger partial charge in [0.2, 0.25) is 0 Å². The number of nitrogens with one attached hydrogen (secondary N) is 1. The third-order valence-corrected chi connectivity index (χ3v) is 3.28. The van der Waals surface area contributed by atoms with Crippen molar-refractivity contribution >= 4 is 11.7 Å². The van der Waals surface area contributed by atoms with E-state index in [2.05, 4.69) is 5.32 Å². The van der Waals surface area contributed by atoms with Gasteiger partial charge in [-0.25, -0.2) is 4.79 Å². The van der Waals surface area contributed by atoms with Crippen LogP contribution in [0.3, 0.4) is 0 Å². The lowest BCUT2D eigenvalue weighted by atomic mass is 10.2. The summed E-state index contributed by atoms with van der Waals surface area (Å²) in [5, 5.41) is 12.6. The number of aliphatic hydroxyl groups is 1. The highest BCUT2D eigenvalue weighted by molar-refractivity contribution is 5.89. The van der Waals surface area contributed by atoms with Gasteiger partial charge in [0.25, 0.3) is 0 Å². The molecule has 0 aliphatic heterocycles. The lowest BCUT2D eigenvalue weighted by Crippen LogP contribution is -2.37. The molecule has 1 fully saturated rings. The van der Waals surface area contributed by atoms with Crippen LogP contribution in [0.15, 0.2) is 24.3 Å². The molecule has 0 spiro atoms. The number of hydrogen-bond acceptors (Lipinski definition) is 2. The third kappa shape index (κ3) is 3.47. The third-order valence-electron chi connectivity index (χ3n) is 3.28. The minimum atomic E-state index is -0.390. The summed E-state index contributed by atoms with van der Waals surface area (Å²) in [6, 6.07) is 7.47. The molecular formula is C14H20N2O2. The second-order valence-electron chi connectivity index (χ2n) is 5.08. The van der Waals surface area contributed by atoms with E-state index in [0.717, 1.165) is 24.1 Å². The quantitative estimate of drug-likeness (QED) is 0.858. The molecule has 0 saturated heterocycles. The average Bonchev–Trinajstić information content (AvgIpc) is 3.16. The van der Waals surface area contributed by atoms with E-state index in [-0.39, 0.29) is 6.03 Å². The maximum atomic E-state index is 11.9. The van der Waals surface area contributed by atoms with Crippen molar-refractivity contribution in [2.45, 2.75) is 25.9 Å². The van der Waals surface area contributed by atoms with Gasteiger partial charge in [0.15, 0.2) is 0 Å². The van der Waals surface area contributed by atoms with Crippen molar-refractivity contribution in [3.05, 3.63) is 29.8 Å². The fraction of sp³-hybridized carbons (Fsp3) is 0.500. The number of likely N-dealkylation sites (N-methyl/N-ethyl adjacent to an activating group) is 1. The number of aliphatic hydroxyl groups excluding tert-OH is 1. The predicted molar refractivity (Wildman–Crippen MR) is 71.6 cm³/mol. The fourth-order valence-electron chi connectivity index (χ4n) is 1.85. The molecule has 0 heterocycles. The fourth-order valence-corrected chi connectivity index (χ4v) is 1.85. The first-order chi connectivity index (χ1) is 8.56. The number of benzene rings is 1. The Bertz CT molecular complexity index is 412. The van der Waals surface area contributed by atoms with Crippen LogP contribution in [0.4, 0.5) is 10.5 Å². The van der Waals surface area contributed by atoms with Gasteiger partial charge < -0.3 is 15.3 Å². The van der Waals surface area contributed by atoms with Crippen molar-refractivity contribution in [3.8, 4) is 0 Å². The molecule has 2 rings (SSSR count). The van der Waals surface area contributed by atoms with E-state index in [9.17, 15) is 9.90 Å². The zero-order valence-corrected chi connectivity index (χ0v) is 10.9. The largest absolute Gasteiger partial charge is 0.391 e. The Kier molecular flexibility index (Phi) is 3.87. The van der Waals surface area contributed by atoms with Gasteiger partial charge in [0.1, 0.15) is 0 Å². The molecule has 0 radical (unpaired) electrons. The maximum Gasteiger partial charge on any atom is 0.321 e. The maximum absolute atomic E-state index is 11.9. The van der Waals surface area contributed by atoms with Gasteiger partial charge in [0.05, 0.1) is 6.10 Å². The summed E-state index contributed by atoms with van der Waals surface area (Å²) < 4.78 is 0. The molecule has 18 heavy (non-hydrogen) atoms. The van der Waals surface area contributed by atoms with Crippen LogP contribution in [0.1, 0.15) is 18.4 Å². The number of rotatable bonds is 4. The Balaban J connectivity index is 1.84. The molecule has 4 heteroatoms. The number of carbonyl (C=O) groups excluding carboxylic acids is 1. The predicted octanol–water partition coefficient (Wildman–Crippen LogP) is 2.23. The van der Waals surface area contributed by atoms with Crippen molar-refractivity contribution in [3.63, 3.8) is 0 Å². The summed E-state index contributed by atoms with van der Waals surface area (Å²) in [7, 11) is 1.70. The Morgan fingerprint density at radius 1 is 1.44 bits per heavy atom. The number of aryl methyl sites for hydroxylation is 1. The first-order valence-electron chi connectivity index (χ1n) is 6.33. The van der Waals surface area contributed by atoms with Crippen molar-refractivity contribution in [2.75, 3.05) is 18.9 Å². The monoisotopic (exact) mass is 248 g/mol. The molecule has 1 aliphatic carbocycles. The highest BCUT2D eigenvalue weighted by atomic mass is 16.3. The Morgan fingerprint density at radius 2 is 2.06 bits per heavy atom. The number of amides is 2. The van der Waals surface area contributed by atoms with Crippen molar-refractivity contribution in [1.82, 2.24) is 4.90 Å². The number of anilines is 1.